The first-order chi connectivity index (χ1) is 8.47. The van der Waals surface area contributed by atoms with Crippen molar-refractivity contribution in [1.82, 2.24) is 9.78 Å². The molecule has 3 nitrogen and oxygen atoms in total. The molecule has 2 aromatic rings. The number of hydrogen-bond donors (Lipinski definition) is 1. The highest BCUT2D eigenvalue weighted by atomic mass is 79.9. The van der Waals surface area contributed by atoms with Crippen LogP contribution in [0.2, 0.25) is 0 Å². The number of aromatic nitrogens is 2. The monoisotopic (exact) mass is 307 g/mol. The summed E-state index contributed by atoms with van der Waals surface area (Å²) in [6, 6.07) is 8.53. The Morgan fingerprint density at radius 2 is 2.06 bits per heavy atom. The molecular formula is C14H18BrN3. The van der Waals surface area contributed by atoms with E-state index < -0.39 is 0 Å². The summed E-state index contributed by atoms with van der Waals surface area (Å²) in [4.78, 5) is 0. The summed E-state index contributed by atoms with van der Waals surface area (Å²) in [5, 5.41) is 4.48. The van der Waals surface area contributed by atoms with Gasteiger partial charge in [0.1, 0.15) is 0 Å². The van der Waals surface area contributed by atoms with Crippen molar-refractivity contribution in [3.8, 4) is 5.69 Å². The average Bonchev–Trinajstić information content (AvgIpc) is 2.60. The molecule has 0 bridgehead atoms. The summed E-state index contributed by atoms with van der Waals surface area (Å²) >= 11 is 3.61. The van der Waals surface area contributed by atoms with E-state index in [1.54, 1.807) is 0 Å². The zero-order valence-corrected chi connectivity index (χ0v) is 12.5. The van der Waals surface area contributed by atoms with Crippen LogP contribution in [0.25, 0.3) is 5.69 Å². The predicted octanol–water partition coefficient (Wildman–Crippen LogP) is 3.14. The Morgan fingerprint density at radius 1 is 1.33 bits per heavy atom. The summed E-state index contributed by atoms with van der Waals surface area (Å²) < 4.78 is 3.04. The first kappa shape index (κ1) is 13.3. The molecule has 2 N–H and O–H groups in total. The summed E-state index contributed by atoms with van der Waals surface area (Å²) in [5.74, 6) is 0. The Balaban J connectivity index is 2.37. The van der Waals surface area contributed by atoms with Crippen LogP contribution in [0.3, 0.4) is 0 Å². The van der Waals surface area contributed by atoms with Crippen LogP contribution in [0.4, 0.5) is 0 Å². The Labute approximate surface area is 116 Å². The van der Waals surface area contributed by atoms with E-state index in [1.165, 1.54) is 5.56 Å². The molecule has 1 unspecified atom stereocenters. The number of halogens is 1. The minimum atomic E-state index is 0.167. The minimum Gasteiger partial charge on any atom is -0.328 e. The lowest BCUT2D eigenvalue weighted by Gasteiger charge is -2.10. The molecule has 0 saturated heterocycles. The number of nitrogens with zero attached hydrogens (tertiary/aromatic N) is 2. The van der Waals surface area contributed by atoms with Crippen LogP contribution in [-0.4, -0.2) is 15.8 Å². The maximum atomic E-state index is 5.83. The Bertz CT molecular complexity index is 558. The number of nitrogens with two attached hydrogens (primary N) is 1. The predicted molar refractivity (Wildman–Crippen MR) is 78.1 cm³/mol. The lowest BCUT2D eigenvalue weighted by atomic mass is 10.1. The Kier molecular flexibility index (Phi) is 3.88. The van der Waals surface area contributed by atoms with Crippen LogP contribution in [-0.2, 0) is 6.42 Å². The van der Waals surface area contributed by atoms with E-state index in [1.807, 2.05) is 18.5 Å². The third kappa shape index (κ3) is 2.82. The van der Waals surface area contributed by atoms with Crippen LogP contribution < -0.4 is 5.73 Å². The molecule has 18 heavy (non-hydrogen) atoms. The number of benzene rings is 1. The second-order valence-electron chi connectivity index (χ2n) is 4.80. The highest BCUT2D eigenvalue weighted by Gasteiger charge is 2.08. The van der Waals surface area contributed by atoms with Crippen molar-refractivity contribution in [1.29, 1.82) is 0 Å². The molecule has 0 amide bonds. The summed E-state index contributed by atoms with van der Waals surface area (Å²) in [6.07, 6.45) is 0.873. The molecule has 1 aromatic heterocycles. The molecule has 4 heteroatoms. The van der Waals surface area contributed by atoms with Gasteiger partial charge in [-0.3, -0.25) is 0 Å². The van der Waals surface area contributed by atoms with Gasteiger partial charge >= 0.3 is 0 Å². The summed E-state index contributed by atoms with van der Waals surface area (Å²) in [6.45, 7) is 6.08. The van der Waals surface area contributed by atoms with Crippen LogP contribution in [0.1, 0.15) is 23.9 Å². The fourth-order valence-corrected chi connectivity index (χ4v) is 2.60. The van der Waals surface area contributed by atoms with Crippen LogP contribution in [0, 0.1) is 13.8 Å². The van der Waals surface area contributed by atoms with Crippen LogP contribution in [0.5, 0.6) is 0 Å². The van der Waals surface area contributed by atoms with Gasteiger partial charge in [-0.2, -0.15) is 5.10 Å². The molecule has 0 aliphatic rings. The van der Waals surface area contributed by atoms with Gasteiger partial charge in [0.15, 0.2) is 0 Å². The summed E-state index contributed by atoms with van der Waals surface area (Å²) in [5.41, 5.74) is 10.3. The molecular weight excluding hydrogens is 290 g/mol. The molecule has 1 atom stereocenters. The van der Waals surface area contributed by atoms with Crippen molar-refractivity contribution in [3.63, 3.8) is 0 Å². The SMILES string of the molecule is Cc1cc(C)n(-c2ccc(CC(C)N)c(Br)c2)n1. The van der Waals surface area contributed by atoms with E-state index in [4.69, 9.17) is 5.73 Å². The van der Waals surface area contributed by atoms with Crippen molar-refractivity contribution in [2.45, 2.75) is 33.2 Å². The molecule has 0 radical (unpaired) electrons. The van der Waals surface area contributed by atoms with Gasteiger partial charge in [-0.25, -0.2) is 4.68 Å². The third-order valence-electron chi connectivity index (χ3n) is 2.83. The van der Waals surface area contributed by atoms with E-state index in [-0.39, 0.29) is 6.04 Å². The lowest BCUT2D eigenvalue weighted by molar-refractivity contribution is 0.735. The van der Waals surface area contributed by atoms with Gasteiger partial charge < -0.3 is 5.73 Å². The fraction of sp³-hybridized carbons (Fsp3) is 0.357. The normalized spacial score (nSPS) is 12.7. The first-order valence-electron chi connectivity index (χ1n) is 6.05. The van der Waals surface area contributed by atoms with E-state index >= 15 is 0 Å². The molecule has 0 saturated carbocycles. The standard InChI is InChI=1S/C14H18BrN3/c1-9(16)6-12-4-5-13(8-14(12)15)18-11(3)7-10(2)17-18/h4-5,7-9H,6,16H2,1-3H3. The maximum absolute atomic E-state index is 5.83. The topological polar surface area (TPSA) is 43.8 Å². The van der Waals surface area contributed by atoms with Gasteiger partial charge in [-0.1, -0.05) is 22.0 Å². The van der Waals surface area contributed by atoms with Gasteiger partial charge in [0, 0.05) is 16.2 Å². The lowest BCUT2D eigenvalue weighted by Crippen LogP contribution is -2.18. The molecule has 1 heterocycles. The molecule has 0 aliphatic carbocycles. The second kappa shape index (κ2) is 5.24. The second-order valence-corrected chi connectivity index (χ2v) is 5.65. The minimum absolute atomic E-state index is 0.167. The Morgan fingerprint density at radius 3 is 2.56 bits per heavy atom. The smallest absolute Gasteiger partial charge is 0.0660 e. The fourth-order valence-electron chi connectivity index (χ4n) is 2.07. The van der Waals surface area contributed by atoms with Gasteiger partial charge in [-0.05, 0) is 51.0 Å². The van der Waals surface area contributed by atoms with Gasteiger partial charge in [-0.15, -0.1) is 0 Å². The van der Waals surface area contributed by atoms with E-state index in [9.17, 15) is 0 Å². The molecule has 0 fully saturated rings. The number of aryl methyl sites for hydroxylation is 2. The van der Waals surface area contributed by atoms with Gasteiger partial charge in [0.2, 0.25) is 0 Å². The highest BCUT2D eigenvalue weighted by molar-refractivity contribution is 9.10. The zero-order chi connectivity index (χ0) is 13.3. The van der Waals surface area contributed by atoms with Gasteiger partial charge in [0.25, 0.3) is 0 Å². The third-order valence-corrected chi connectivity index (χ3v) is 3.57. The van der Waals surface area contributed by atoms with Crippen LogP contribution in [0.15, 0.2) is 28.7 Å². The summed E-state index contributed by atoms with van der Waals surface area (Å²) in [7, 11) is 0. The largest absolute Gasteiger partial charge is 0.328 e. The zero-order valence-electron chi connectivity index (χ0n) is 10.9. The molecule has 2 rings (SSSR count). The molecule has 1 aromatic carbocycles. The van der Waals surface area contributed by atoms with Crippen molar-refractivity contribution in [2.24, 2.45) is 5.73 Å². The van der Waals surface area contributed by atoms with Gasteiger partial charge in [0.05, 0.1) is 11.4 Å². The van der Waals surface area contributed by atoms with E-state index in [2.05, 4.69) is 52.2 Å². The number of hydrogen-bond acceptors (Lipinski definition) is 2. The first-order valence-corrected chi connectivity index (χ1v) is 6.84. The molecule has 96 valence electrons. The van der Waals surface area contributed by atoms with E-state index in [0.29, 0.717) is 0 Å². The average molecular weight is 308 g/mol. The Hall–Kier alpha value is -1.13. The maximum Gasteiger partial charge on any atom is 0.0660 e. The van der Waals surface area contributed by atoms with E-state index in [0.717, 1.165) is 28.0 Å². The molecule has 0 aliphatic heterocycles. The number of rotatable bonds is 3. The van der Waals surface area contributed by atoms with Crippen molar-refractivity contribution in [2.75, 3.05) is 0 Å². The van der Waals surface area contributed by atoms with Crippen molar-refractivity contribution in [3.05, 3.63) is 45.7 Å². The van der Waals surface area contributed by atoms with Crippen molar-refractivity contribution < 1.29 is 0 Å². The molecule has 0 spiro atoms. The highest BCUT2D eigenvalue weighted by Crippen LogP contribution is 2.22. The van der Waals surface area contributed by atoms with Crippen LogP contribution >= 0.6 is 15.9 Å². The quantitative estimate of drug-likeness (QED) is 0.946. The van der Waals surface area contributed by atoms with Crippen molar-refractivity contribution >= 4 is 15.9 Å².